The molecule has 1 aromatic heterocycles. The smallest absolute Gasteiger partial charge is 0.229 e. The summed E-state index contributed by atoms with van der Waals surface area (Å²) in [6, 6.07) is 14.6. The Morgan fingerprint density at radius 1 is 1.14 bits per heavy atom. The van der Waals surface area contributed by atoms with E-state index in [1.54, 1.807) is 12.1 Å². The maximum absolute atomic E-state index is 12.1. The summed E-state index contributed by atoms with van der Waals surface area (Å²) in [7, 11) is 0. The van der Waals surface area contributed by atoms with E-state index in [9.17, 15) is 9.00 Å². The lowest BCUT2D eigenvalue weighted by atomic mass is 10.1. The number of hydrogen-bond donors (Lipinski definition) is 1. The molecular formula is C16H12N2O2S2. The highest BCUT2D eigenvalue weighted by atomic mass is 32.1. The van der Waals surface area contributed by atoms with Crippen LogP contribution in [-0.4, -0.2) is 24.5 Å². The van der Waals surface area contributed by atoms with Crippen molar-refractivity contribution in [1.29, 1.82) is 0 Å². The van der Waals surface area contributed by atoms with Crippen molar-refractivity contribution in [3.8, 4) is 0 Å². The third-order valence-electron chi connectivity index (χ3n) is 3.31. The van der Waals surface area contributed by atoms with Gasteiger partial charge >= 0.3 is 0 Å². The molecule has 1 heterocycles. The van der Waals surface area contributed by atoms with Gasteiger partial charge in [0.1, 0.15) is 16.1 Å². The van der Waals surface area contributed by atoms with Gasteiger partial charge in [-0.3, -0.25) is 9.36 Å². The van der Waals surface area contributed by atoms with Crippen LogP contribution in [0.1, 0.15) is 23.1 Å². The molecular weight excluding hydrogens is 316 g/mol. The topological polar surface area (TPSA) is 52.0 Å². The van der Waals surface area contributed by atoms with Crippen LogP contribution in [0.3, 0.4) is 0 Å². The Labute approximate surface area is 136 Å². The molecule has 0 unspecified atom stereocenters. The second-order valence-electron chi connectivity index (χ2n) is 4.71. The molecule has 0 atom stereocenters. The summed E-state index contributed by atoms with van der Waals surface area (Å²) in [5, 5.41) is 0. The lowest BCUT2D eigenvalue weighted by Gasteiger charge is -2.08. The van der Waals surface area contributed by atoms with Gasteiger partial charge in [-0.1, -0.05) is 30.3 Å². The molecule has 0 fully saturated rings. The highest BCUT2D eigenvalue weighted by Crippen LogP contribution is 2.21. The number of carbonyl (C=O) groups is 1. The van der Waals surface area contributed by atoms with Gasteiger partial charge in [-0.25, -0.2) is 9.19 Å². The van der Waals surface area contributed by atoms with Crippen molar-refractivity contribution in [2.24, 2.45) is 0 Å². The number of carbonyl (C=O) groups excluding carboxylic acids is 1. The quantitative estimate of drug-likeness (QED) is 0.447. The van der Waals surface area contributed by atoms with Gasteiger partial charge in [0, 0.05) is 17.4 Å². The summed E-state index contributed by atoms with van der Waals surface area (Å²) in [5.74, 6) is 0.169. The van der Waals surface area contributed by atoms with E-state index in [1.165, 1.54) is 11.5 Å². The molecule has 0 aliphatic carbocycles. The number of hydrogen-bond acceptors (Lipinski definition) is 4. The average molecular weight is 328 g/mol. The molecule has 0 saturated heterocycles. The van der Waals surface area contributed by atoms with E-state index >= 15 is 0 Å². The lowest BCUT2D eigenvalue weighted by molar-refractivity contribution is 0.0940. The number of benzene rings is 2. The fourth-order valence-electron chi connectivity index (χ4n) is 2.37. The molecule has 22 heavy (non-hydrogen) atoms. The van der Waals surface area contributed by atoms with Crippen LogP contribution in [-0.2, 0) is 11.3 Å². The van der Waals surface area contributed by atoms with Crippen LogP contribution in [0.25, 0.3) is 11.0 Å². The van der Waals surface area contributed by atoms with Crippen LogP contribution in [0.15, 0.2) is 53.4 Å². The van der Waals surface area contributed by atoms with Crippen LogP contribution in [0.4, 0.5) is 0 Å². The molecule has 3 aromatic rings. The standard InChI is InChI=1S/C16H12N2O2S2/c1-10(19)18-13-8-4-3-7-12(13)17-16(18)15(22-20)11-6-2-5-9-14(11)21/h2-9,21H,1H3. The molecule has 0 aliphatic heterocycles. The maximum atomic E-state index is 12.1. The first kappa shape index (κ1) is 14.7. The van der Waals surface area contributed by atoms with Crippen LogP contribution in [0.2, 0.25) is 0 Å². The largest absolute Gasteiger partial charge is 0.274 e. The highest BCUT2D eigenvalue weighted by molar-refractivity contribution is 7.80. The normalized spacial score (nSPS) is 10.6. The zero-order valence-electron chi connectivity index (χ0n) is 11.7. The van der Waals surface area contributed by atoms with Gasteiger partial charge in [-0.15, -0.1) is 12.6 Å². The molecule has 3 rings (SSSR count). The summed E-state index contributed by atoms with van der Waals surface area (Å²) in [6.45, 7) is 1.46. The minimum Gasteiger partial charge on any atom is -0.274 e. The number of nitrogens with zero attached hydrogens (tertiary/aromatic N) is 2. The second kappa shape index (κ2) is 5.90. The van der Waals surface area contributed by atoms with Gasteiger partial charge in [0.25, 0.3) is 0 Å². The molecule has 0 bridgehead atoms. The van der Waals surface area contributed by atoms with E-state index in [2.05, 4.69) is 17.6 Å². The lowest BCUT2D eigenvalue weighted by Crippen LogP contribution is -2.17. The predicted molar refractivity (Wildman–Crippen MR) is 91.1 cm³/mol. The van der Waals surface area contributed by atoms with Crippen LogP contribution >= 0.6 is 12.6 Å². The molecule has 0 saturated carbocycles. The monoisotopic (exact) mass is 328 g/mol. The van der Waals surface area contributed by atoms with Gasteiger partial charge in [-0.05, 0) is 18.2 Å². The molecule has 4 nitrogen and oxygen atoms in total. The number of fused-ring (bicyclic) bond motifs is 1. The maximum Gasteiger partial charge on any atom is 0.229 e. The molecule has 0 spiro atoms. The van der Waals surface area contributed by atoms with Crippen LogP contribution < -0.4 is 0 Å². The molecule has 6 heteroatoms. The fourth-order valence-corrected chi connectivity index (χ4v) is 3.19. The van der Waals surface area contributed by atoms with Gasteiger partial charge < -0.3 is 0 Å². The Morgan fingerprint density at radius 3 is 2.50 bits per heavy atom. The molecule has 110 valence electrons. The Balaban J connectivity index is 2.34. The number of thiol groups is 1. The summed E-state index contributed by atoms with van der Waals surface area (Å²) >= 11 is 4.71. The fraction of sp³-hybridized carbons (Fsp3) is 0.0625. The summed E-state index contributed by atoms with van der Waals surface area (Å²) in [6.07, 6.45) is 0. The van der Waals surface area contributed by atoms with Gasteiger partial charge in [0.2, 0.25) is 5.91 Å². The number of aromatic nitrogens is 2. The molecule has 0 aliphatic rings. The molecule has 0 N–H and O–H groups in total. The second-order valence-corrected chi connectivity index (χ2v) is 5.76. The predicted octanol–water partition coefficient (Wildman–Crippen LogP) is 2.77. The Hall–Kier alpha value is -2.18. The first-order valence-corrected chi connectivity index (χ1v) is 7.76. The van der Waals surface area contributed by atoms with Gasteiger partial charge in [-0.2, -0.15) is 0 Å². The van der Waals surface area contributed by atoms with Crippen molar-refractivity contribution < 1.29 is 9.00 Å². The molecule has 0 radical (unpaired) electrons. The summed E-state index contributed by atoms with van der Waals surface area (Å²) < 4.78 is 13.2. The first-order valence-electron chi connectivity index (χ1n) is 6.57. The summed E-state index contributed by atoms with van der Waals surface area (Å²) in [5.41, 5.74) is 2.03. The zero-order valence-corrected chi connectivity index (χ0v) is 13.4. The molecule has 2 aromatic carbocycles. The van der Waals surface area contributed by atoms with Crippen molar-refractivity contribution in [2.75, 3.05) is 0 Å². The van der Waals surface area contributed by atoms with Crippen LogP contribution in [0, 0.1) is 0 Å². The third-order valence-corrected chi connectivity index (χ3v) is 4.27. The zero-order chi connectivity index (χ0) is 15.7. The van der Waals surface area contributed by atoms with E-state index in [-0.39, 0.29) is 5.91 Å². The van der Waals surface area contributed by atoms with Crippen molar-refractivity contribution in [3.05, 3.63) is 59.9 Å². The number of imidazole rings is 1. The SMILES string of the molecule is CC(=O)n1c(C(=S=O)c2ccccc2S)nc2ccccc21. The Bertz CT molecular complexity index is 940. The Morgan fingerprint density at radius 2 is 1.82 bits per heavy atom. The van der Waals surface area contributed by atoms with Crippen LogP contribution in [0.5, 0.6) is 0 Å². The third kappa shape index (κ3) is 2.40. The first-order chi connectivity index (χ1) is 10.6. The van der Waals surface area contributed by atoms with Crippen molar-refractivity contribution in [2.45, 2.75) is 11.8 Å². The van der Waals surface area contributed by atoms with E-state index in [0.29, 0.717) is 43.4 Å². The Kier molecular flexibility index (Phi) is 3.96. The minimum absolute atomic E-state index is 0.188. The van der Waals surface area contributed by atoms with Crippen molar-refractivity contribution >= 4 is 45.7 Å². The number of para-hydroxylation sites is 2. The van der Waals surface area contributed by atoms with Crippen molar-refractivity contribution in [3.63, 3.8) is 0 Å². The average Bonchev–Trinajstić information content (AvgIpc) is 2.89. The van der Waals surface area contributed by atoms with E-state index < -0.39 is 0 Å². The molecule has 0 amide bonds. The number of rotatable bonds is 2. The van der Waals surface area contributed by atoms with Gasteiger partial charge in [0.15, 0.2) is 5.82 Å². The van der Waals surface area contributed by atoms with Gasteiger partial charge in [0.05, 0.1) is 11.0 Å². The highest BCUT2D eigenvalue weighted by Gasteiger charge is 2.20. The van der Waals surface area contributed by atoms with E-state index in [1.807, 2.05) is 36.4 Å². The summed E-state index contributed by atoms with van der Waals surface area (Å²) in [4.78, 5) is 17.6. The van der Waals surface area contributed by atoms with E-state index in [4.69, 9.17) is 0 Å². The minimum atomic E-state index is -0.188. The van der Waals surface area contributed by atoms with E-state index in [0.717, 1.165) is 0 Å². The van der Waals surface area contributed by atoms with Crippen molar-refractivity contribution in [1.82, 2.24) is 9.55 Å².